The molecule has 0 saturated heterocycles. The molecule has 49 heavy (non-hydrogen) atoms. The van der Waals surface area contributed by atoms with Crippen LogP contribution in [0, 0.1) is 11.8 Å². The van der Waals surface area contributed by atoms with Crippen LogP contribution in [-0.4, -0.2) is 47.7 Å². The lowest BCUT2D eigenvalue weighted by Gasteiger charge is -2.32. The number of hydrogen-bond donors (Lipinski definition) is 3. The zero-order chi connectivity index (χ0) is 34.3. The van der Waals surface area contributed by atoms with E-state index in [1.807, 2.05) is 97.1 Å². The van der Waals surface area contributed by atoms with E-state index >= 15 is 0 Å². The SMILES string of the molecule is O=C(C[C@H]1CC=CCCC[C@H](Cc2ccccc2)C(=O)OCC2(CCCC2)NC1=O)N[C@H](CO)Cc1ccc(OCc2ccccc2)cc1. The lowest BCUT2D eigenvalue weighted by Crippen LogP contribution is -2.53. The second-order valence-electron chi connectivity index (χ2n) is 13.6. The van der Waals surface area contributed by atoms with Gasteiger partial charge in [0.15, 0.2) is 0 Å². The lowest BCUT2D eigenvalue weighted by molar-refractivity contribution is -0.152. The molecule has 0 aromatic heterocycles. The minimum atomic E-state index is -0.628. The smallest absolute Gasteiger partial charge is 0.309 e. The molecule has 1 heterocycles. The predicted molar refractivity (Wildman–Crippen MR) is 190 cm³/mol. The number of carbonyl (C=O) groups is 3. The van der Waals surface area contributed by atoms with Gasteiger partial charge >= 0.3 is 5.97 Å². The molecule has 1 spiro atoms. The molecule has 3 aromatic rings. The van der Waals surface area contributed by atoms with Crippen molar-refractivity contribution in [2.45, 2.75) is 88.8 Å². The summed E-state index contributed by atoms with van der Waals surface area (Å²) in [6.45, 7) is 0.385. The number of nitrogens with one attached hydrogen (secondary N) is 2. The highest BCUT2D eigenvalue weighted by atomic mass is 16.5. The van der Waals surface area contributed by atoms with Gasteiger partial charge in [-0.1, -0.05) is 97.8 Å². The average Bonchev–Trinajstić information content (AvgIpc) is 3.59. The minimum Gasteiger partial charge on any atom is -0.489 e. The van der Waals surface area contributed by atoms with E-state index in [9.17, 15) is 19.5 Å². The van der Waals surface area contributed by atoms with Crippen molar-refractivity contribution < 1.29 is 29.0 Å². The first kappa shape index (κ1) is 35.9. The number of rotatable bonds is 11. The highest BCUT2D eigenvalue weighted by Crippen LogP contribution is 2.32. The number of benzene rings is 3. The zero-order valence-corrected chi connectivity index (χ0v) is 28.4. The fraction of sp³-hybridized carbons (Fsp3) is 0.439. The summed E-state index contributed by atoms with van der Waals surface area (Å²) in [5.41, 5.74) is 2.52. The molecule has 1 fully saturated rings. The standard InChI is InChI=1S/C41H50N2O6/c44-28-36(26-32-19-21-37(22-20-32)48-29-33-15-7-4-8-16-33)42-38(45)27-34-17-9-1-2-10-18-35(25-31-13-5-3-6-14-31)40(47)49-30-41(43-39(34)46)23-11-12-24-41/h1,3-9,13-16,19-22,34-36,44H,2,10-12,17-18,23-30H2,(H,42,45)(H,43,46)/t34-,35-,36+/m1/s1. The largest absolute Gasteiger partial charge is 0.489 e. The molecule has 260 valence electrons. The van der Waals surface area contributed by atoms with Crippen LogP contribution in [0.4, 0.5) is 0 Å². The quantitative estimate of drug-likeness (QED) is 0.165. The molecule has 3 N–H and O–H groups in total. The first-order chi connectivity index (χ1) is 23.9. The average molecular weight is 667 g/mol. The number of aliphatic hydroxyl groups excluding tert-OH is 1. The van der Waals surface area contributed by atoms with Crippen molar-refractivity contribution in [3.8, 4) is 5.75 Å². The number of carbonyl (C=O) groups excluding carboxylic acids is 3. The summed E-state index contributed by atoms with van der Waals surface area (Å²) in [4.78, 5) is 40.4. The third-order valence-electron chi connectivity index (χ3n) is 9.65. The number of aliphatic hydroxyl groups is 1. The van der Waals surface area contributed by atoms with Crippen LogP contribution in [-0.2, 0) is 38.6 Å². The van der Waals surface area contributed by atoms with Gasteiger partial charge in [0.25, 0.3) is 0 Å². The summed E-state index contributed by atoms with van der Waals surface area (Å²) in [6.07, 6.45) is 11.2. The van der Waals surface area contributed by atoms with Gasteiger partial charge < -0.3 is 25.2 Å². The Morgan fingerprint density at radius 3 is 2.27 bits per heavy atom. The van der Waals surface area contributed by atoms with E-state index in [1.165, 1.54) is 0 Å². The number of hydrogen-bond acceptors (Lipinski definition) is 6. The molecule has 8 nitrogen and oxygen atoms in total. The first-order valence-electron chi connectivity index (χ1n) is 17.7. The molecule has 1 aliphatic carbocycles. The van der Waals surface area contributed by atoms with E-state index in [1.54, 1.807) is 0 Å². The van der Waals surface area contributed by atoms with Crippen LogP contribution >= 0.6 is 0 Å². The van der Waals surface area contributed by atoms with Gasteiger partial charge in [-0.3, -0.25) is 14.4 Å². The second-order valence-corrected chi connectivity index (χ2v) is 13.6. The Morgan fingerprint density at radius 2 is 1.57 bits per heavy atom. The number of ether oxygens (including phenoxy) is 2. The van der Waals surface area contributed by atoms with Crippen molar-refractivity contribution in [3.05, 3.63) is 114 Å². The highest BCUT2D eigenvalue weighted by Gasteiger charge is 2.39. The van der Waals surface area contributed by atoms with E-state index in [0.717, 1.165) is 67.4 Å². The van der Waals surface area contributed by atoms with Gasteiger partial charge in [0.05, 0.1) is 30.0 Å². The maximum absolute atomic E-state index is 13.8. The van der Waals surface area contributed by atoms with Gasteiger partial charge in [-0.15, -0.1) is 0 Å². The second kappa shape index (κ2) is 18.4. The summed E-state index contributed by atoms with van der Waals surface area (Å²) in [6, 6.07) is 27.1. The molecule has 3 atom stereocenters. The normalized spacial score (nSPS) is 20.5. The van der Waals surface area contributed by atoms with Crippen LogP contribution < -0.4 is 15.4 Å². The number of amides is 2. The van der Waals surface area contributed by atoms with Crippen LogP contribution in [0.5, 0.6) is 5.75 Å². The van der Waals surface area contributed by atoms with Crippen molar-refractivity contribution in [1.82, 2.24) is 10.6 Å². The molecule has 2 amide bonds. The van der Waals surface area contributed by atoms with Gasteiger partial charge in [-0.25, -0.2) is 0 Å². The maximum atomic E-state index is 13.8. The zero-order valence-electron chi connectivity index (χ0n) is 28.4. The van der Waals surface area contributed by atoms with Crippen LogP contribution in [0.1, 0.15) is 74.5 Å². The van der Waals surface area contributed by atoms with Crippen molar-refractivity contribution in [2.24, 2.45) is 11.8 Å². The Morgan fingerprint density at radius 1 is 0.878 bits per heavy atom. The van der Waals surface area contributed by atoms with E-state index in [-0.39, 0.29) is 43.3 Å². The molecule has 1 aliphatic heterocycles. The predicted octanol–water partition coefficient (Wildman–Crippen LogP) is 6.25. The van der Waals surface area contributed by atoms with E-state index in [0.29, 0.717) is 25.9 Å². The molecule has 1 saturated carbocycles. The fourth-order valence-electron chi connectivity index (χ4n) is 6.81. The van der Waals surface area contributed by atoms with E-state index in [4.69, 9.17) is 9.47 Å². The molecular formula is C41H50N2O6. The van der Waals surface area contributed by atoms with Gasteiger partial charge in [0, 0.05) is 6.42 Å². The van der Waals surface area contributed by atoms with Gasteiger partial charge in [0.1, 0.15) is 19.0 Å². The Balaban J connectivity index is 1.18. The summed E-state index contributed by atoms with van der Waals surface area (Å²) in [5.74, 6) is -0.791. The Labute approximate surface area is 290 Å². The van der Waals surface area contributed by atoms with Crippen LogP contribution in [0.25, 0.3) is 0 Å². The first-order valence-corrected chi connectivity index (χ1v) is 17.7. The van der Waals surface area contributed by atoms with Crippen molar-refractivity contribution in [2.75, 3.05) is 13.2 Å². The molecule has 0 radical (unpaired) electrons. The van der Waals surface area contributed by atoms with Gasteiger partial charge in [0.2, 0.25) is 11.8 Å². The molecule has 2 aliphatic rings. The van der Waals surface area contributed by atoms with Crippen molar-refractivity contribution in [3.63, 3.8) is 0 Å². The highest BCUT2D eigenvalue weighted by molar-refractivity contribution is 5.86. The Kier molecular flexibility index (Phi) is 13.4. The molecule has 3 aromatic carbocycles. The topological polar surface area (TPSA) is 114 Å². The minimum absolute atomic E-state index is 0.00600. The van der Waals surface area contributed by atoms with E-state index in [2.05, 4.69) is 10.6 Å². The van der Waals surface area contributed by atoms with Crippen molar-refractivity contribution >= 4 is 17.8 Å². The van der Waals surface area contributed by atoms with Crippen LogP contribution in [0.15, 0.2) is 97.1 Å². The molecule has 0 bridgehead atoms. The number of cyclic esters (lactones) is 1. The summed E-state index contributed by atoms with van der Waals surface area (Å²) >= 11 is 0. The van der Waals surface area contributed by atoms with Crippen LogP contribution in [0.3, 0.4) is 0 Å². The lowest BCUT2D eigenvalue weighted by atomic mass is 9.92. The van der Waals surface area contributed by atoms with E-state index < -0.39 is 17.5 Å². The fourth-order valence-corrected chi connectivity index (χ4v) is 6.81. The van der Waals surface area contributed by atoms with Crippen LogP contribution in [0.2, 0.25) is 0 Å². The summed E-state index contributed by atoms with van der Waals surface area (Å²) < 4.78 is 11.8. The molecule has 8 heteroatoms. The number of esters is 1. The Hall–Kier alpha value is -4.43. The van der Waals surface area contributed by atoms with Gasteiger partial charge in [-0.2, -0.15) is 0 Å². The summed E-state index contributed by atoms with van der Waals surface area (Å²) in [5, 5.41) is 16.3. The van der Waals surface area contributed by atoms with Gasteiger partial charge in [-0.05, 0) is 80.2 Å². The molecular weight excluding hydrogens is 616 g/mol. The molecule has 0 unspecified atom stereocenters. The third-order valence-corrected chi connectivity index (χ3v) is 9.65. The Bertz CT molecular complexity index is 1500. The summed E-state index contributed by atoms with van der Waals surface area (Å²) in [7, 11) is 0. The monoisotopic (exact) mass is 666 g/mol. The maximum Gasteiger partial charge on any atom is 0.309 e. The third kappa shape index (κ3) is 11.3. The molecule has 5 rings (SSSR count). The van der Waals surface area contributed by atoms with Crippen molar-refractivity contribution in [1.29, 1.82) is 0 Å². The number of allylic oxidation sites excluding steroid dienone is 2.